The van der Waals surface area contributed by atoms with Crippen molar-refractivity contribution in [1.29, 1.82) is 0 Å². The average Bonchev–Trinajstić information content (AvgIpc) is 2.75. The van der Waals surface area contributed by atoms with Crippen LogP contribution in [0.3, 0.4) is 0 Å². The first-order valence-corrected chi connectivity index (χ1v) is 6.70. The van der Waals surface area contributed by atoms with Gasteiger partial charge in [-0.25, -0.2) is 0 Å². The van der Waals surface area contributed by atoms with Crippen molar-refractivity contribution in [2.45, 2.75) is 64.3 Å². The van der Waals surface area contributed by atoms with E-state index in [1.807, 2.05) is 0 Å². The molecule has 1 rings (SSSR count). The summed E-state index contributed by atoms with van der Waals surface area (Å²) in [6, 6.07) is 0.653. The summed E-state index contributed by atoms with van der Waals surface area (Å²) in [6.07, 6.45) is 8.93. The lowest BCUT2D eigenvalue weighted by atomic mass is 9.98. The lowest BCUT2D eigenvalue weighted by molar-refractivity contribution is -0.142. The second kappa shape index (κ2) is 7.66. The molecule has 0 aliphatic heterocycles. The van der Waals surface area contributed by atoms with Gasteiger partial charge in [-0.1, -0.05) is 32.6 Å². The smallest absolute Gasteiger partial charge is 0.306 e. The van der Waals surface area contributed by atoms with E-state index in [0.29, 0.717) is 6.04 Å². The largest absolute Gasteiger partial charge is 0.481 e. The van der Waals surface area contributed by atoms with Crippen LogP contribution in [0, 0.1) is 5.92 Å². The summed E-state index contributed by atoms with van der Waals surface area (Å²) in [6.45, 7) is 2.97. The molecule has 1 fully saturated rings. The Morgan fingerprint density at radius 2 is 2.06 bits per heavy atom. The van der Waals surface area contributed by atoms with Crippen LogP contribution in [0.1, 0.15) is 58.3 Å². The Kier molecular flexibility index (Phi) is 6.46. The molecule has 0 aromatic carbocycles. The lowest BCUT2D eigenvalue weighted by Crippen LogP contribution is -2.29. The molecular weight excluding hydrogens is 202 g/mol. The van der Waals surface area contributed by atoms with Crippen molar-refractivity contribution >= 4 is 5.97 Å². The first kappa shape index (κ1) is 13.5. The van der Waals surface area contributed by atoms with Crippen LogP contribution in [0.25, 0.3) is 0 Å². The van der Waals surface area contributed by atoms with Gasteiger partial charge in [-0.3, -0.25) is 4.79 Å². The van der Waals surface area contributed by atoms with Gasteiger partial charge < -0.3 is 10.4 Å². The quantitative estimate of drug-likeness (QED) is 0.670. The Morgan fingerprint density at radius 3 is 2.62 bits per heavy atom. The van der Waals surface area contributed by atoms with Gasteiger partial charge in [0, 0.05) is 6.04 Å². The second-order valence-corrected chi connectivity index (χ2v) is 4.90. The van der Waals surface area contributed by atoms with E-state index in [1.165, 1.54) is 25.7 Å². The summed E-state index contributed by atoms with van der Waals surface area (Å²) in [5, 5.41) is 12.5. The minimum Gasteiger partial charge on any atom is -0.481 e. The first-order valence-electron chi connectivity index (χ1n) is 6.70. The van der Waals surface area contributed by atoms with Crippen molar-refractivity contribution in [3.05, 3.63) is 0 Å². The number of aliphatic carboxylic acids is 1. The van der Waals surface area contributed by atoms with E-state index in [-0.39, 0.29) is 5.92 Å². The van der Waals surface area contributed by atoms with Crippen LogP contribution in [0.15, 0.2) is 0 Å². The molecule has 1 aliphatic rings. The van der Waals surface area contributed by atoms with Crippen LogP contribution < -0.4 is 5.32 Å². The Morgan fingerprint density at radius 1 is 1.38 bits per heavy atom. The molecule has 0 amide bonds. The zero-order valence-electron chi connectivity index (χ0n) is 10.4. The van der Waals surface area contributed by atoms with Crippen LogP contribution >= 0.6 is 0 Å². The van der Waals surface area contributed by atoms with Crippen LogP contribution in [0.5, 0.6) is 0 Å². The van der Waals surface area contributed by atoms with Gasteiger partial charge in [-0.05, 0) is 32.2 Å². The van der Waals surface area contributed by atoms with Gasteiger partial charge in [0.25, 0.3) is 0 Å². The molecule has 0 spiro atoms. The van der Waals surface area contributed by atoms with E-state index in [9.17, 15) is 4.79 Å². The molecule has 1 unspecified atom stereocenters. The average molecular weight is 227 g/mol. The molecule has 2 N–H and O–H groups in total. The Balaban J connectivity index is 2.13. The Labute approximate surface area is 98.6 Å². The van der Waals surface area contributed by atoms with Crippen LogP contribution in [0.2, 0.25) is 0 Å². The molecule has 16 heavy (non-hydrogen) atoms. The molecule has 94 valence electrons. The number of carboxylic acids is 1. The summed E-state index contributed by atoms with van der Waals surface area (Å²) in [7, 11) is 0. The van der Waals surface area contributed by atoms with Crippen LogP contribution in [-0.2, 0) is 4.79 Å². The predicted molar refractivity (Wildman–Crippen MR) is 65.5 cm³/mol. The summed E-state index contributed by atoms with van der Waals surface area (Å²) in [5.74, 6) is -0.768. The number of nitrogens with one attached hydrogen (secondary N) is 1. The van der Waals surface area contributed by atoms with Gasteiger partial charge in [-0.2, -0.15) is 0 Å². The first-order chi connectivity index (χ1) is 7.74. The predicted octanol–water partition coefficient (Wildman–Crippen LogP) is 2.80. The van der Waals surface area contributed by atoms with Gasteiger partial charge in [0.2, 0.25) is 0 Å². The fraction of sp³-hybridized carbons (Fsp3) is 0.923. The SMILES string of the molecule is CCCCC(CCNC1CCCC1)C(=O)O. The number of hydrogen-bond acceptors (Lipinski definition) is 2. The highest BCUT2D eigenvalue weighted by Crippen LogP contribution is 2.18. The highest BCUT2D eigenvalue weighted by atomic mass is 16.4. The third-order valence-electron chi connectivity index (χ3n) is 3.54. The minimum absolute atomic E-state index is 0.145. The van der Waals surface area contributed by atoms with Crippen molar-refractivity contribution in [2.75, 3.05) is 6.54 Å². The lowest BCUT2D eigenvalue weighted by Gasteiger charge is -2.15. The topological polar surface area (TPSA) is 49.3 Å². The maximum Gasteiger partial charge on any atom is 0.306 e. The van der Waals surface area contributed by atoms with Crippen molar-refractivity contribution in [3.63, 3.8) is 0 Å². The molecule has 3 nitrogen and oxygen atoms in total. The number of unbranched alkanes of at least 4 members (excludes halogenated alkanes) is 1. The zero-order valence-corrected chi connectivity index (χ0v) is 10.4. The summed E-state index contributed by atoms with van der Waals surface area (Å²) in [4.78, 5) is 11.0. The third kappa shape index (κ3) is 4.97. The number of rotatable bonds is 8. The maximum atomic E-state index is 11.0. The molecule has 0 aromatic heterocycles. The number of carbonyl (C=O) groups is 1. The van der Waals surface area contributed by atoms with E-state index in [4.69, 9.17) is 5.11 Å². The van der Waals surface area contributed by atoms with Gasteiger partial charge in [0.15, 0.2) is 0 Å². The molecule has 0 heterocycles. The normalized spacial score (nSPS) is 18.8. The monoisotopic (exact) mass is 227 g/mol. The fourth-order valence-electron chi connectivity index (χ4n) is 2.43. The molecule has 3 heteroatoms. The zero-order chi connectivity index (χ0) is 11.8. The summed E-state index contributed by atoms with van der Waals surface area (Å²) in [5.41, 5.74) is 0. The number of hydrogen-bond donors (Lipinski definition) is 2. The van der Waals surface area contributed by atoms with Gasteiger partial charge in [0.1, 0.15) is 0 Å². The van der Waals surface area contributed by atoms with Crippen molar-refractivity contribution < 1.29 is 9.90 Å². The molecule has 0 radical (unpaired) electrons. The van der Waals surface area contributed by atoms with Crippen LogP contribution in [0.4, 0.5) is 0 Å². The van der Waals surface area contributed by atoms with E-state index in [1.54, 1.807) is 0 Å². The fourth-order valence-corrected chi connectivity index (χ4v) is 2.43. The molecule has 0 saturated heterocycles. The van der Waals surface area contributed by atoms with Crippen molar-refractivity contribution in [1.82, 2.24) is 5.32 Å². The molecule has 1 saturated carbocycles. The highest BCUT2D eigenvalue weighted by Gasteiger charge is 2.18. The standard InChI is InChI=1S/C13H25NO2/c1-2-3-6-11(13(15)16)9-10-14-12-7-4-5-8-12/h11-12,14H,2-10H2,1H3,(H,15,16). The molecule has 0 aromatic rings. The Bertz CT molecular complexity index is 200. The van der Waals surface area contributed by atoms with Gasteiger partial charge in [0.05, 0.1) is 5.92 Å². The van der Waals surface area contributed by atoms with Crippen molar-refractivity contribution in [3.8, 4) is 0 Å². The maximum absolute atomic E-state index is 11.0. The number of carboxylic acid groups (broad SMARTS) is 1. The van der Waals surface area contributed by atoms with Crippen molar-refractivity contribution in [2.24, 2.45) is 5.92 Å². The third-order valence-corrected chi connectivity index (χ3v) is 3.54. The molecular formula is C13H25NO2. The Hall–Kier alpha value is -0.570. The van der Waals surface area contributed by atoms with Gasteiger partial charge in [-0.15, -0.1) is 0 Å². The summed E-state index contributed by atoms with van der Waals surface area (Å²) >= 11 is 0. The van der Waals surface area contributed by atoms with Crippen LogP contribution in [-0.4, -0.2) is 23.7 Å². The highest BCUT2D eigenvalue weighted by molar-refractivity contribution is 5.69. The minimum atomic E-state index is -0.623. The molecule has 1 aliphatic carbocycles. The van der Waals surface area contributed by atoms with E-state index < -0.39 is 5.97 Å². The summed E-state index contributed by atoms with van der Waals surface area (Å²) < 4.78 is 0. The van der Waals surface area contributed by atoms with E-state index in [2.05, 4.69) is 12.2 Å². The molecule has 1 atom stereocenters. The van der Waals surface area contributed by atoms with Gasteiger partial charge >= 0.3 is 5.97 Å². The van der Waals surface area contributed by atoms with E-state index >= 15 is 0 Å². The second-order valence-electron chi connectivity index (χ2n) is 4.90. The molecule has 0 bridgehead atoms. The van der Waals surface area contributed by atoms with E-state index in [0.717, 1.165) is 32.2 Å².